The SMILES string of the molecule is Cc1cccc(N(c2ccc(C(C)C)cc2)c2ccc3c(C(C)C)cc4c(N(c5ccc(C(C)C)cc5)c5cccc(C)c5)ccc5c(C(C)C)cc2c3c54)c1. The van der Waals surface area contributed by atoms with E-state index in [0.29, 0.717) is 23.7 Å². The normalized spacial score (nSPS) is 12.0. The molecule has 56 heavy (non-hydrogen) atoms. The maximum Gasteiger partial charge on any atom is 0.0540 e. The van der Waals surface area contributed by atoms with E-state index in [1.807, 2.05) is 0 Å². The van der Waals surface area contributed by atoms with E-state index in [0.717, 1.165) is 0 Å². The quantitative estimate of drug-likeness (QED) is 0.129. The fourth-order valence-electron chi connectivity index (χ4n) is 8.75. The maximum atomic E-state index is 2.52. The van der Waals surface area contributed by atoms with E-state index in [1.54, 1.807) is 0 Å². The predicted molar refractivity (Wildman–Crippen MR) is 245 cm³/mol. The van der Waals surface area contributed by atoms with Crippen LogP contribution in [-0.2, 0) is 0 Å². The van der Waals surface area contributed by atoms with Crippen LogP contribution in [0.4, 0.5) is 34.1 Å². The highest BCUT2D eigenvalue weighted by Gasteiger charge is 2.26. The first kappa shape index (κ1) is 37.3. The molecule has 0 aliphatic carbocycles. The van der Waals surface area contributed by atoms with Gasteiger partial charge in [0.1, 0.15) is 0 Å². The van der Waals surface area contributed by atoms with Crippen molar-refractivity contribution in [3.05, 3.63) is 167 Å². The number of benzene rings is 8. The van der Waals surface area contributed by atoms with E-state index < -0.39 is 0 Å². The number of rotatable bonds is 10. The molecule has 0 saturated carbocycles. The molecule has 2 heteroatoms. The minimum Gasteiger partial charge on any atom is -0.310 e. The van der Waals surface area contributed by atoms with Crippen LogP contribution in [0.2, 0.25) is 0 Å². The predicted octanol–water partition coefficient (Wildman–Crippen LogP) is 16.6. The van der Waals surface area contributed by atoms with Gasteiger partial charge in [0.05, 0.1) is 11.4 Å². The van der Waals surface area contributed by atoms with E-state index in [2.05, 4.69) is 212 Å². The molecule has 0 aliphatic rings. The Morgan fingerprint density at radius 1 is 0.339 bits per heavy atom. The fraction of sp³-hybridized carbons (Fsp3) is 0.259. The summed E-state index contributed by atoms with van der Waals surface area (Å²) in [6.45, 7) is 22.8. The minimum atomic E-state index is 0.333. The van der Waals surface area contributed by atoms with Gasteiger partial charge in [-0.05, 0) is 165 Å². The molecule has 8 aromatic rings. The van der Waals surface area contributed by atoms with Gasteiger partial charge in [0.15, 0.2) is 0 Å². The number of aryl methyl sites for hydroxylation is 2. The van der Waals surface area contributed by atoms with E-state index in [-0.39, 0.29) is 0 Å². The summed E-state index contributed by atoms with van der Waals surface area (Å²) in [5, 5.41) is 7.96. The summed E-state index contributed by atoms with van der Waals surface area (Å²) in [5.41, 5.74) is 15.0. The second-order valence-electron chi connectivity index (χ2n) is 17.2. The fourth-order valence-corrected chi connectivity index (χ4v) is 8.75. The molecular weight excluding hydrogens is 677 g/mol. The average Bonchev–Trinajstić information content (AvgIpc) is 3.18. The molecule has 0 heterocycles. The number of nitrogens with zero attached hydrogens (tertiary/aromatic N) is 2. The van der Waals surface area contributed by atoms with Crippen molar-refractivity contribution in [3.8, 4) is 0 Å². The lowest BCUT2D eigenvalue weighted by Crippen LogP contribution is -2.13. The van der Waals surface area contributed by atoms with Gasteiger partial charge in [0.25, 0.3) is 0 Å². The molecule has 0 N–H and O–H groups in total. The van der Waals surface area contributed by atoms with Crippen molar-refractivity contribution in [1.29, 1.82) is 0 Å². The highest BCUT2D eigenvalue weighted by molar-refractivity contribution is 6.29. The summed E-state index contributed by atoms with van der Waals surface area (Å²) in [5.74, 6) is 1.60. The van der Waals surface area contributed by atoms with Gasteiger partial charge >= 0.3 is 0 Å². The smallest absolute Gasteiger partial charge is 0.0540 e. The lowest BCUT2D eigenvalue weighted by Gasteiger charge is -2.31. The Balaban J connectivity index is 1.49. The Bertz CT molecular complexity index is 2470. The zero-order chi connectivity index (χ0) is 39.4. The van der Waals surface area contributed by atoms with Crippen LogP contribution in [0.25, 0.3) is 32.3 Å². The van der Waals surface area contributed by atoms with E-state index in [1.165, 1.54) is 99.8 Å². The van der Waals surface area contributed by atoms with Gasteiger partial charge in [-0.1, -0.05) is 116 Å². The lowest BCUT2D eigenvalue weighted by molar-refractivity contribution is 0.866. The summed E-state index contributed by atoms with van der Waals surface area (Å²) >= 11 is 0. The third kappa shape index (κ3) is 6.60. The Morgan fingerprint density at radius 3 is 1.04 bits per heavy atom. The standard InChI is InChI=1S/C54H56N2/c1-33(2)39-17-21-41(22-18-39)55(43-15-11-13-37(9)29-43)51-27-25-45-48(36(7)8)32-50-52(28-26-46-47(35(5)6)31-49(51)53(45)54(46)50)56(44-16-12-14-38(10)30-44)42-23-19-40(20-24-42)34(3)4/h11-36H,1-10H3. The molecule has 0 fully saturated rings. The van der Waals surface area contributed by atoms with Gasteiger partial charge in [0, 0.05) is 33.5 Å². The summed E-state index contributed by atoms with van der Waals surface area (Å²) < 4.78 is 0. The van der Waals surface area contributed by atoms with Crippen LogP contribution >= 0.6 is 0 Å². The Hall–Kier alpha value is -5.60. The van der Waals surface area contributed by atoms with E-state index >= 15 is 0 Å². The Morgan fingerprint density at radius 2 is 0.714 bits per heavy atom. The van der Waals surface area contributed by atoms with E-state index in [4.69, 9.17) is 0 Å². The molecular formula is C54H56N2. The third-order valence-electron chi connectivity index (χ3n) is 11.8. The molecule has 0 radical (unpaired) electrons. The third-order valence-corrected chi connectivity index (χ3v) is 11.8. The zero-order valence-corrected chi connectivity index (χ0v) is 34.9. The van der Waals surface area contributed by atoms with Gasteiger partial charge < -0.3 is 9.80 Å². The molecule has 282 valence electrons. The zero-order valence-electron chi connectivity index (χ0n) is 34.9. The van der Waals surface area contributed by atoms with Crippen LogP contribution in [0.5, 0.6) is 0 Å². The minimum absolute atomic E-state index is 0.333. The van der Waals surface area contributed by atoms with Crippen molar-refractivity contribution in [2.75, 3.05) is 9.80 Å². The molecule has 0 atom stereocenters. The second-order valence-corrected chi connectivity index (χ2v) is 17.2. The molecule has 8 aromatic carbocycles. The van der Waals surface area contributed by atoms with Crippen LogP contribution in [0.3, 0.4) is 0 Å². The Labute approximate surface area is 334 Å². The highest BCUT2D eigenvalue weighted by Crippen LogP contribution is 2.51. The summed E-state index contributed by atoms with van der Waals surface area (Å²) in [6.07, 6.45) is 0. The molecule has 0 spiro atoms. The molecule has 0 amide bonds. The maximum absolute atomic E-state index is 2.52. The largest absolute Gasteiger partial charge is 0.310 e. The van der Waals surface area contributed by atoms with Crippen molar-refractivity contribution in [2.24, 2.45) is 0 Å². The first-order chi connectivity index (χ1) is 26.9. The van der Waals surface area contributed by atoms with Crippen LogP contribution in [0, 0.1) is 13.8 Å². The van der Waals surface area contributed by atoms with Crippen molar-refractivity contribution >= 4 is 66.4 Å². The van der Waals surface area contributed by atoms with Crippen LogP contribution in [0.1, 0.15) is 112 Å². The van der Waals surface area contributed by atoms with Gasteiger partial charge in [-0.25, -0.2) is 0 Å². The Kier molecular flexibility index (Phi) is 9.87. The van der Waals surface area contributed by atoms with Crippen molar-refractivity contribution in [3.63, 3.8) is 0 Å². The van der Waals surface area contributed by atoms with Gasteiger partial charge in [0.2, 0.25) is 0 Å². The first-order valence-electron chi connectivity index (χ1n) is 20.6. The van der Waals surface area contributed by atoms with Crippen molar-refractivity contribution < 1.29 is 0 Å². The van der Waals surface area contributed by atoms with Crippen LogP contribution < -0.4 is 9.80 Å². The number of hydrogen-bond acceptors (Lipinski definition) is 2. The second kappa shape index (κ2) is 14.8. The molecule has 2 nitrogen and oxygen atoms in total. The summed E-state index contributed by atoms with van der Waals surface area (Å²) in [7, 11) is 0. The molecule has 0 aromatic heterocycles. The van der Waals surface area contributed by atoms with Crippen LogP contribution in [0.15, 0.2) is 133 Å². The molecule has 0 bridgehead atoms. The van der Waals surface area contributed by atoms with Crippen molar-refractivity contribution in [1.82, 2.24) is 0 Å². The van der Waals surface area contributed by atoms with E-state index in [9.17, 15) is 0 Å². The molecule has 0 saturated heterocycles. The monoisotopic (exact) mass is 732 g/mol. The number of hydrogen-bond donors (Lipinski definition) is 0. The van der Waals surface area contributed by atoms with Gasteiger partial charge in [-0.2, -0.15) is 0 Å². The van der Waals surface area contributed by atoms with Crippen molar-refractivity contribution in [2.45, 2.75) is 92.9 Å². The molecule has 8 rings (SSSR count). The van der Waals surface area contributed by atoms with Gasteiger partial charge in [-0.3, -0.25) is 0 Å². The first-order valence-corrected chi connectivity index (χ1v) is 20.6. The topological polar surface area (TPSA) is 6.48 Å². The average molecular weight is 733 g/mol. The lowest BCUT2D eigenvalue weighted by atomic mass is 9.83. The van der Waals surface area contributed by atoms with Gasteiger partial charge in [-0.15, -0.1) is 0 Å². The van der Waals surface area contributed by atoms with Crippen LogP contribution in [-0.4, -0.2) is 0 Å². The highest BCUT2D eigenvalue weighted by atomic mass is 15.1. The summed E-state index contributed by atoms with van der Waals surface area (Å²) in [6, 6.07) is 50.9. The molecule has 0 aliphatic heterocycles. The molecule has 0 unspecified atom stereocenters. The number of anilines is 6. The summed E-state index contributed by atoms with van der Waals surface area (Å²) in [4.78, 5) is 4.97.